The van der Waals surface area contributed by atoms with Crippen molar-refractivity contribution in [3.05, 3.63) is 11.7 Å². The molecule has 1 heterocycles. The van der Waals surface area contributed by atoms with E-state index in [2.05, 4.69) is 46.5 Å². The summed E-state index contributed by atoms with van der Waals surface area (Å²) in [7, 11) is 3.53. The summed E-state index contributed by atoms with van der Waals surface area (Å²) in [5, 5.41) is 10.7. The van der Waals surface area contributed by atoms with Crippen LogP contribution in [0.25, 0.3) is 0 Å². The maximum atomic E-state index is 5.30. The van der Waals surface area contributed by atoms with Crippen molar-refractivity contribution in [2.75, 3.05) is 27.3 Å². The van der Waals surface area contributed by atoms with E-state index in [1.54, 1.807) is 14.2 Å². The molecule has 0 amide bonds. The Balaban J connectivity index is 0.00000312. The number of nitrogens with zero attached hydrogens (tertiary/aromatic N) is 3. The standard InChI is InChI=1S/C17H31N5O2.HI/c1-16(2,3)14-21-13(22-24-14)11-19-15(18-4)20-12-17(7-6-8-17)9-10-23-5;/h6-12H2,1-5H3,(H2,18,19,20);1H. The van der Waals surface area contributed by atoms with Gasteiger partial charge in [0.2, 0.25) is 5.89 Å². The van der Waals surface area contributed by atoms with Crippen LogP contribution in [0.2, 0.25) is 0 Å². The number of aromatic nitrogens is 2. The molecule has 1 aliphatic carbocycles. The first-order chi connectivity index (χ1) is 11.4. The topological polar surface area (TPSA) is 84.6 Å². The lowest BCUT2D eigenvalue weighted by atomic mass is 9.67. The number of aliphatic imine (C=N–C) groups is 1. The Morgan fingerprint density at radius 3 is 2.52 bits per heavy atom. The van der Waals surface area contributed by atoms with Gasteiger partial charge in [-0.3, -0.25) is 4.99 Å². The SMILES string of the molecule is CN=C(NCc1noc(C(C)(C)C)n1)NCC1(CCOC)CCC1.I. The minimum absolute atomic E-state index is 0. The van der Waals surface area contributed by atoms with Crippen LogP contribution in [0.3, 0.4) is 0 Å². The van der Waals surface area contributed by atoms with Crippen molar-refractivity contribution in [2.24, 2.45) is 10.4 Å². The van der Waals surface area contributed by atoms with E-state index < -0.39 is 0 Å². The minimum Gasteiger partial charge on any atom is -0.385 e. The molecular formula is C17H32IN5O2. The molecule has 0 unspecified atom stereocenters. The summed E-state index contributed by atoms with van der Waals surface area (Å²) in [4.78, 5) is 8.70. The summed E-state index contributed by atoms with van der Waals surface area (Å²) >= 11 is 0. The maximum Gasteiger partial charge on any atom is 0.232 e. The summed E-state index contributed by atoms with van der Waals surface area (Å²) in [5.41, 5.74) is 0.211. The summed E-state index contributed by atoms with van der Waals surface area (Å²) < 4.78 is 10.5. The summed E-state index contributed by atoms with van der Waals surface area (Å²) in [6.07, 6.45) is 4.89. The summed E-state index contributed by atoms with van der Waals surface area (Å²) in [6.45, 7) is 8.37. The van der Waals surface area contributed by atoms with Crippen LogP contribution >= 0.6 is 24.0 Å². The minimum atomic E-state index is -0.136. The molecule has 144 valence electrons. The Morgan fingerprint density at radius 2 is 2.04 bits per heavy atom. The zero-order chi connectivity index (χ0) is 17.6. The van der Waals surface area contributed by atoms with Gasteiger partial charge in [0, 0.05) is 32.7 Å². The van der Waals surface area contributed by atoms with Crippen LogP contribution < -0.4 is 10.6 Å². The predicted octanol–water partition coefficient (Wildman–Crippen LogP) is 2.86. The van der Waals surface area contributed by atoms with Crippen LogP contribution in [0.1, 0.15) is 58.2 Å². The van der Waals surface area contributed by atoms with E-state index in [4.69, 9.17) is 9.26 Å². The van der Waals surface area contributed by atoms with Gasteiger partial charge in [-0.25, -0.2) is 0 Å². The van der Waals surface area contributed by atoms with Gasteiger partial charge in [0.15, 0.2) is 11.8 Å². The molecule has 0 bridgehead atoms. The van der Waals surface area contributed by atoms with Gasteiger partial charge in [0.05, 0.1) is 6.54 Å². The van der Waals surface area contributed by atoms with Crippen molar-refractivity contribution < 1.29 is 9.26 Å². The molecule has 0 saturated heterocycles. The number of methoxy groups -OCH3 is 1. The first kappa shape index (κ1) is 22.1. The number of halogens is 1. The average Bonchev–Trinajstić information content (AvgIpc) is 2.97. The van der Waals surface area contributed by atoms with Crippen molar-refractivity contribution >= 4 is 29.9 Å². The number of guanidine groups is 1. The van der Waals surface area contributed by atoms with Gasteiger partial charge < -0.3 is 19.9 Å². The maximum absolute atomic E-state index is 5.30. The molecular weight excluding hydrogens is 433 g/mol. The molecule has 1 aliphatic rings. The Morgan fingerprint density at radius 1 is 1.32 bits per heavy atom. The van der Waals surface area contributed by atoms with Gasteiger partial charge in [-0.1, -0.05) is 32.3 Å². The molecule has 1 saturated carbocycles. The Hall–Kier alpha value is -0.900. The molecule has 1 aromatic heterocycles. The van der Waals surface area contributed by atoms with Gasteiger partial charge in [0.25, 0.3) is 0 Å². The highest BCUT2D eigenvalue weighted by Gasteiger charge is 2.36. The lowest BCUT2D eigenvalue weighted by Gasteiger charge is -2.42. The Bertz CT molecular complexity index is 549. The number of nitrogens with one attached hydrogen (secondary N) is 2. The highest BCUT2D eigenvalue weighted by atomic mass is 127. The molecule has 2 rings (SSSR count). The zero-order valence-electron chi connectivity index (χ0n) is 16.0. The molecule has 0 aromatic carbocycles. The molecule has 0 spiro atoms. The van der Waals surface area contributed by atoms with E-state index in [0.717, 1.165) is 25.5 Å². The molecule has 1 aromatic rings. The van der Waals surface area contributed by atoms with Crippen molar-refractivity contribution in [3.8, 4) is 0 Å². The third kappa shape index (κ3) is 6.40. The highest BCUT2D eigenvalue weighted by Crippen LogP contribution is 2.43. The summed E-state index contributed by atoms with van der Waals surface area (Å²) in [5.74, 6) is 2.05. The Kier molecular flexibility index (Phi) is 8.59. The van der Waals surface area contributed by atoms with Gasteiger partial charge in [-0.2, -0.15) is 4.98 Å². The average molecular weight is 465 g/mol. The van der Waals surface area contributed by atoms with Crippen LogP contribution in [0.5, 0.6) is 0 Å². The molecule has 1 fully saturated rings. The van der Waals surface area contributed by atoms with E-state index in [0.29, 0.717) is 23.7 Å². The number of hydrogen-bond acceptors (Lipinski definition) is 5. The van der Waals surface area contributed by atoms with Crippen molar-refractivity contribution in [1.29, 1.82) is 0 Å². The highest BCUT2D eigenvalue weighted by molar-refractivity contribution is 14.0. The molecule has 2 N–H and O–H groups in total. The van der Waals surface area contributed by atoms with E-state index in [9.17, 15) is 0 Å². The van der Waals surface area contributed by atoms with Crippen LogP contribution in [-0.4, -0.2) is 43.4 Å². The smallest absolute Gasteiger partial charge is 0.232 e. The molecule has 0 atom stereocenters. The quantitative estimate of drug-likeness (QED) is 0.366. The monoisotopic (exact) mass is 465 g/mol. The number of rotatable bonds is 7. The largest absolute Gasteiger partial charge is 0.385 e. The van der Waals surface area contributed by atoms with Crippen LogP contribution in [-0.2, 0) is 16.7 Å². The third-order valence-corrected chi connectivity index (χ3v) is 4.63. The molecule has 25 heavy (non-hydrogen) atoms. The van der Waals surface area contributed by atoms with Gasteiger partial charge in [-0.15, -0.1) is 24.0 Å². The lowest BCUT2D eigenvalue weighted by molar-refractivity contribution is 0.0732. The van der Waals surface area contributed by atoms with E-state index in [1.807, 2.05) is 0 Å². The van der Waals surface area contributed by atoms with Crippen LogP contribution in [0.4, 0.5) is 0 Å². The first-order valence-electron chi connectivity index (χ1n) is 8.65. The predicted molar refractivity (Wildman–Crippen MR) is 109 cm³/mol. The molecule has 0 aliphatic heterocycles. The van der Waals surface area contributed by atoms with E-state index in [-0.39, 0.29) is 29.4 Å². The third-order valence-electron chi connectivity index (χ3n) is 4.63. The zero-order valence-corrected chi connectivity index (χ0v) is 18.3. The van der Waals surface area contributed by atoms with Gasteiger partial charge in [-0.05, 0) is 24.7 Å². The molecule has 0 radical (unpaired) electrons. The second-order valence-corrected chi connectivity index (χ2v) is 7.64. The van der Waals surface area contributed by atoms with E-state index in [1.165, 1.54) is 19.3 Å². The molecule has 7 nitrogen and oxygen atoms in total. The normalized spacial score (nSPS) is 16.8. The van der Waals surface area contributed by atoms with Gasteiger partial charge >= 0.3 is 0 Å². The van der Waals surface area contributed by atoms with Crippen molar-refractivity contribution in [3.63, 3.8) is 0 Å². The number of ether oxygens (including phenoxy) is 1. The fraction of sp³-hybridized carbons (Fsp3) is 0.824. The first-order valence-corrected chi connectivity index (χ1v) is 8.65. The fourth-order valence-corrected chi connectivity index (χ4v) is 2.80. The van der Waals surface area contributed by atoms with Crippen molar-refractivity contribution in [2.45, 2.75) is 58.4 Å². The van der Waals surface area contributed by atoms with Crippen molar-refractivity contribution in [1.82, 2.24) is 20.8 Å². The lowest BCUT2D eigenvalue weighted by Crippen LogP contribution is -2.46. The second-order valence-electron chi connectivity index (χ2n) is 7.64. The molecule has 8 heteroatoms. The van der Waals surface area contributed by atoms with Gasteiger partial charge in [0.1, 0.15) is 0 Å². The fourth-order valence-electron chi connectivity index (χ4n) is 2.80. The Labute approximate surface area is 167 Å². The number of hydrogen-bond donors (Lipinski definition) is 2. The van der Waals surface area contributed by atoms with Crippen LogP contribution in [0.15, 0.2) is 9.52 Å². The van der Waals surface area contributed by atoms with Crippen LogP contribution in [0, 0.1) is 5.41 Å². The van der Waals surface area contributed by atoms with E-state index >= 15 is 0 Å². The second kappa shape index (κ2) is 9.70. The summed E-state index contributed by atoms with van der Waals surface area (Å²) in [6, 6.07) is 0.